The quantitative estimate of drug-likeness (QED) is 0.563. The van der Waals surface area contributed by atoms with Gasteiger partial charge >= 0.3 is 12.3 Å². The molecule has 3 rings (SSSR count). The Morgan fingerprint density at radius 2 is 1.82 bits per heavy atom. The Hall–Kier alpha value is -3.26. The zero-order valence-electron chi connectivity index (χ0n) is 14.0. The Kier molecular flexibility index (Phi) is 5.41. The highest BCUT2D eigenvalue weighted by Crippen LogP contribution is 2.33. The van der Waals surface area contributed by atoms with Gasteiger partial charge in [0.25, 0.3) is 0 Å². The Labute approximate surface area is 162 Å². The molecule has 3 aromatic rings. The molecule has 2 N–H and O–H groups in total. The second kappa shape index (κ2) is 7.77. The predicted molar refractivity (Wildman–Crippen MR) is 98.1 cm³/mol. The number of hydrogen-bond donors (Lipinski definition) is 2. The maximum atomic E-state index is 12.4. The molecule has 0 bridgehead atoms. The van der Waals surface area contributed by atoms with Crippen LogP contribution in [0.1, 0.15) is 10.4 Å². The van der Waals surface area contributed by atoms with Gasteiger partial charge in [0.05, 0.1) is 10.7 Å². The summed E-state index contributed by atoms with van der Waals surface area (Å²) in [6, 6.07) is 13.1. The number of rotatable bonds is 5. The number of aromatic nitrogens is 1. The van der Waals surface area contributed by atoms with Crippen molar-refractivity contribution in [1.29, 1.82) is 0 Å². The maximum absolute atomic E-state index is 12.4. The summed E-state index contributed by atoms with van der Waals surface area (Å²) in [6.07, 6.45) is -3.35. The van der Waals surface area contributed by atoms with Gasteiger partial charge in [0.1, 0.15) is 17.1 Å². The number of carboxylic acids is 1. The molecule has 0 radical (unpaired) electrons. The molecule has 0 unspecified atom stereocenters. The van der Waals surface area contributed by atoms with E-state index in [4.69, 9.17) is 11.6 Å². The van der Waals surface area contributed by atoms with Crippen molar-refractivity contribution >= 4 is 29.1 Å². The molecule has 0 spiro atoms. The first kappa shape index (κ1) is 19.5. The topological polar surface area (TPSA) is 71.5 Å². The number of carbonyl (C=O) groups is 1. The lowest BCUT2D eigenvalue weighted by atomic mass is 10.0. The molecule has 0 fully saturated rings. The minimum Gasteiger partial charge on any atom is -0.478 e. The summed E-state index contributed by atoms with van der Waals surface area (Å²) >= 11 is 6.26. The second-order valence-corrected chi connectivity index (χ2v) is 6.01. The Morgan fingerprint density at radius 3 is 2.50 bits per heavy atom. The first-order chi connectivity index (χ1) is 13.2. The summed E-state index contributed by atoms with van der Waals surface area (Å²) in [5.41, 5.74) is 1.40. The fourth-order valence-corrected chi connectivity index (χ4v) is 2.70. The molecule has 9 heteroatoms. The van der Waals surface area contributed by atoms with Gasteiger partial charge in [0, 0.05) is 6.20 Å². The molecule has 1 heterocycles. The Morgan fingerprint density at radius 1 is 1.07 bits per heavy atom. The molecular formula is C19H12ClF3N2O3. The van der Waals surface area contributed by atoms with Gasteiger partial charge < -0.3 is 15.2 Å². The SMILES string of the molecule is O=C(O)c1cccnc1Nc1ccc(-c2cccc(OC(F)(F)F)c2)cc1Cl. The maximum Gasteiger partial charge on any atom is 0.573 e. The fraction of sp³-hybridized carbons (Fsp3) is 0.0526. The monoisotopic (exact) mass is 408 g/mol. The summed E-state index contributed by atoms with van der Waals surface area (Å²) < 4.78 is 41.1. The van der Waals surface area contributed by atoms with Crippen molar-refractivity contribution in [3.8, 4) is 16.9 Å². The van der Waals surface area contributed by atoms with E-state index in [-0.39, 0.29) is 22.2 Å². The van der Waals surface area contributed by atoms with Crippen LogP contribution in [0.5, 0.6) is 5.75 Å². The van der Waals surface area contributed by atoms with Crippen LogP contribution in [0.15, 0.2) is 60.8 Å². The highest BCUT2D eigenvalue weighted by atomic mass is 35.5. The number of halogens is 4. The van der Waals surface area contributed by atoms with Crippen molar-refractivity contribution in [2.45, 2.75) is 6.36 Å². The third-order valence-electron chi connectivity index (χ3n) is 3.66. The molecule has 5 nitrogen and oxygen atoms in total. The first-order valence-corrected chi connectivity index (χ1v) is 8.22. The van der Waals surface area contributed by atoms with Crippen LogP contribution in [-0.2, 0) is 0 Å². The van der Waals surface area contributed by atoms with E-state index in [1.807, 2.05) is 0 Å². The van der Waals surface area contributed by atoms with Gasteiger partial charge in [-0.2, -0.15) is 0 Å². The summed E-state index contributed by atoms with van der Waals surface area (Å²) in [6.45, 7) is 0. The van der Waals surface area contributed by atoms with Crippen LogP contribution >= 0.6 is 11.6 Å². The van der Waals surface area contributed by atoms with Crippen molar-refractivity contribution in [1.82, 2.24) is 4.98 Å². The van der Waals surface area contributed by atoms with Crippen LogP contribution in [0.25, 0.3) is 11.1 Å². The smallest absolute Gasteiger partial charge is 0.478 e. The third kappa shape index (κ3) is 4.72. The van der Waals surface area contributed by atoms with E-state index < -0.39 is 12.3 Å². The van der Waals surface area contributed by atoms with Crippen molar-refractivity contribution in [3.05, 3.63) is 71.4 Å². The molecule has 0 amide bonds. The van der Waals surface area contributed by atoms with Gasteiger partial charge in [0.15, 0.2) is 0 Å². The molecular weight excluding hydrogens is 397 g/mol. The normalized spacial score (nSPS) is 11.1. The number of pyridine rings is 1. The van der Waals surface area contributed by atoms with E-state index in [9.17, 15) is 23.1 Å². The van der Waals surface area contributed by atoms with Gasteiger partial charge in [-0.1, -0.05) is 29.8 Å². The fourth-order valence-electron chi connectivity index (χ4n) is 2.47. The van der Waals surface area contributed by atoms with Gasteiger partial charge in [-0.25, -0.2) is 9.78 Å². The number of alkyl halides is 3. The van der Waals surface area contributed by atoms with Crippen molar-refractivity contribution in [2.24, 2.45) is 0 Å². The van der Waals surface area contributed by atoms with E-state index >= 15 is 0 Å². The molecule has 144 valence electrons. The van der Waals surface area contributed by atoms with E-state index in [2.05, 4.69) is 15.0 Å². The van der Waals surface area contributed by atoms with Crippen LogP contribution in [0.2, 0.25) is 5.02 Å². The lowest BCUT2D eigenvalue weighted by Crippen LogP contribution is -2.17. The number of nitrogens with zero attached hydrogens (tertiary/aromatic N) is 1. The van der Waals surface area contributed by atoms with E-state index in [0.717, 1.165) is 0 Å². The largest absolute Gasteiger partial charge is 0.573 e. The lowest BCUT2D eigenvalue weighted by molar-refractivity contribution is -0.274. The van der Waals surface area contributed by atoms with Crippen LogP contribution in [0.3, 0.4) is 0 Å². The van der Waals surface area contributed by atoms with Gasteiger partial charge in [-0.15, -0.1) is 13.2 Å². The summed E-state index contributed by atoms with van der Waals surface area (Å²) in [7, 11) is 0. The highest BCUT2D eigenvalue weighted by molar-refractivity contribution is 6.33. The van der Waals surface area contributed by atoms with Crippen LogP contribution in [0.4, 0.5) is 24.7 Å². The van der Waals surface area contributed by atoms with E-state index in [1.54, 1.807) is 24.3 Å². The predicted octanol–water partition coefficient (Wildman–Crippen LogP) is 5.74. The molecule has 28 heavy (non-hydrogen) atoms. The minimum absolute atomic E-state index is 0.0281. The Bertz CT molecular complexity index is 1030. The van der Waals surface area contributed by atoms with Crippen LogP contribution < -0.4 is 10.1 Å². The minimum atomic E-state index is -4.78. The average Bonchev–Trinajstić information content (AvgIpc) is 2.62. The summed E-state index contributed by atoms with van der Waals surface area (Å²) in [5, 5.41) is 12.3. The number of benzene rings is 2. The van der Waals surface area contributed by atoms with Crippen molar-refractivity contribution in [3.63, 3.8) is 0 Å². The van der Waals surface area contributed by atoms with Crippen molar-refractivity contribution in [2.75, 3.05) is 5.32 Å². The highest BCUT2D eigenvalue weighted by Gasteiger charge is 2.31. The van der Waals surface area contributed by atoms with E-state index in [0.29, 0.717) is 16.8 Å². The molecule has 0 aliphatic carbocycles. The number of hydrogen-bond acceptors (Lipinski definition) is 4. The molecule has 0 saturated carbocycles. The third-order valence-corrected chi connectivity index (χ3v) is 3.97. The molecule has 0 saturated heterocycles. The number of aromatic carboxylic acids is 1. The van der Waals surface area contributed by atoms with Crippen LogP contribution in [0, 0.1) is 0 Å². The first-order valence-electron chi connectivity index (χ1n) is 7.84. The number of anilines is 2. The van der Waals surface area contributed by atoms with E-state index in [1.165, 1.54) is 36.5 Å². The average molecular weight is 409 g/mol. The van der Waals surface area contributed by atoms with Crippen LogP contribution in [-0.4, -0.2) is 22.4 Å². The number of carboxylic acid groups (broad SMARTS) is 1. The molecule has 1 aromatic heterocycles. The van der Waals surface area contributed by atoms with Crippen molar-refractivity contribution < 1.29 is 27.8 Å². The standard InChI is InChI=1S/C19H12ClF3N2O3/c20-15-10-12(11-3-1-4-13(9-11)28-19(21,22)23)6-7-16(15)25-17-14(18(26)27)5-2-8-24-17/h1-10H,(H,24,25)(H,26,27). The summed E-state index contributed by atoms with van der Waals surface area (Å²) in [4.78, 5) is 15.3. The molecule has 0 aliphatic heterocycles. The zero-order valence-corrected chi connectivity index (χ0v) is 14.8. The molecule has 0 aliphatic rings. The Balaban J connectivity index is 1.88. The van der Waals surface area contributed by atoms with Gasteiger partial charge in [0.2, 0.25) is 0 Å². The zero-order chi connectivity index (χ0) is 20.3. The summed E-state index contributed by atoms with van der Waals surface area (Å²) in [5.74, 6) is -1.38. The molecule has 2 aromatic carbocycles. The second-order valence-electron chi connectivity index (χ2n) is 5.60. The molecule has 0 atom stereocenters. The number of nitrogens with one attached hydrogen (secondary N) is 1. The van der Waals surface area contributed by atoms with Gasteiger partial charge in [-0.05, 0) is 47.5 Å². The lowest BCUT2D eigenvalue weighted by Gasteiger charge is -2.12. The van der Waals surface area contributed by atoms with Gasteiger partial charge in [-0.3, -0.25) is 0 Å². The number of ether oxygens (including phenoxy) is 1.